The Morgan fingerprint density at radius 3 is 2.41 bits per heavy atom. The van der Waals surface area contributed by atoms with E-state index in [4.69, 9.17) is 9.47 Å². The van der Waals surface area contributed by atoms with E-state index >= 15 is 0 Å². The molecule has 6 heteroatoms. The molecule has 2 rings (SSSR count). The van der Waals surface area contributed by atoms with Crippen molar-refractivity contribution in [1.82, 2.24) is 5.32 Å². The average molecular weight is 399 g/mol. The highest BCUT2D eigenvalue weighted by atomic mass is 16.5. The van der Waals surface area contributed by atoms with Crippen LogP contribution in [0.15, 0.2) is 48.5 Å². The van der Waals surface area contributed by atoms with Gasteiger partial charge in [-0.05, 0) is 35.6 Å². The van der Waals surface area contributed by atoms with E-state index in [0.29, 0.717) is 30.2 Å². The first kappa shape index (κ1) is 22.4. The van der Waals surface area contributed by atoms with Crippen LogP contribution in [-0.2, 0) is 14.9 Å². The fraction of sp³-hybridized carbons (Fsp3) is 0.391. The lowest BCUT2D eigenvalue weighted by Crippen LogP contribution is -2.28. The Bertz CT molecular complexity index is 828. The number of rotatable bonds is 9. The molecule has 0 aliphatic heterocycles. The third-order valence-corrected chi connectivity index (χ3v) is 4.31. The van der Waals surface area contributed by atoms with Crippen LogP contribution < -0.4 is 15.4 Å². The molecular formula is C23H30N2O4. The first-order valence-electron chi connectivity index (χ1n) is 9.71. The number of hydrogen-bond donors (Lipinski definition) is 2. The van der Waals surface area contributed by atoms with Gasteiger partial charge in [0.1, 0.15) is 5.75 Å². The van der Waals surface area contributed by atoms with E-state index in [-0.39, 0.29) is 23.8 Å². The Kier molecular flexibility index (Phi) is 8.21. The minimum atomic E-state index is -0.326. The molecule has 156 valence electrons. The zero-order chi connectivity index (χ0) is 21.3. The van der Waals surface area contributed by atoms with Crippen LogP contribution in [0, 0.1) is 0 Å². The van der Waals surface area contributed by atoms with Crippen LogP contribution in [0.4, 0.5) is 5.69 Å². The summed E-state index contributed by atoms with van der Waals surface area (Å²) in [6.45, 7) is 7.22. The first-order chi connectivity index (χ1) is 13.8. The molecule has 0 atom stereocenters. The summed E-state index contributed by atoms with van der Waals surface area (Å²) >= 11 is 0. The van der Waals surface area contributed by atoms with Crippen LogP contribution in [0.25, 0.3) is 0 Å². The van der Waals surface area contributed by atoms with Crippen LogP contribution in [-0.4, -0.2) is 38.7 Å². The summed E-state index contributed by atoms with van der Waals surface area (Å²) < 4.78 is 10.7. The van der Waals surface area contributed by atoms with Crippen LogP contribution in [0.3, 0.4) is 0 Å². The molecule has 0 fully saturated rings. The van der Waals surface area contributed by atoms with E-state index in [1.54, 1.807) is 31.4 Å². The van der Waals surface area contributed by atoms with Crippen molar-refractivity contribution in [1.29, 1.82) is 0 Å². The molecule has 0 aliphatic carbocycles. The number of para-hydroxylation sites is 2. The summed E-state index contributed by atoms with van der Waals surface area (Å²) in [4.78, 5) is 24.8. The Balaban J connectivity index is 1.99. The Hall–Kier alpha value is -2.86. The molecule has 0 radical (unpaired) electrons. The van der Waals surface area contributed by atoms with Gasteiger partial charge in [-0.3, -0.25) is 9.59 Å². The maximum Gasteiger partial charge on any atom is 0.262 e. The molecule has 2 aromatic carbocycles. The Labute approximate surface area is 172 Å². The lowest BCUT2D eigenvalue weighted by atomic mass is 9.86. The van der Waals surface area contributed by atoms with Crippen LogP contribution in [0.2, 0.25) is 0 Å². The first-order valence-corrected chi connectivity index (χ1v) is 9.71. The summed E-state index contributed by atoms with van der Waals surface area (Å²) in [7, 11) is 1.62. The van der Waals surface area contributed by atoms with Crippen molar-refractivity contribution in [2.24, 2.45) is 0 Å². The molecule has 2 aromatic rings. The summed E-state index contributed by atoms with van der Waals surface area (Å²) in [6.07, 6.45) is 0.720. The van der Waals surface area contributed by atoms with Gasteiger partial charge in [-0.1, -0.05) is 51.1 Å². The van der Waals surface area contributed by atoms with Gasteiger partial charge in [0.2, 0.25) is 0 Å². The molecule has 2 N–H and O–H groups in total. The van der Waals surface area contributed by atoms with Crippen molar-refractivity contribution < 1.29 is 19.1 Å². The largest absolute Gasteiger partial charge is 0.483 e. The fourth-order valence-corrected chi connectivity index (χ4v) is 2.85. The standard InChI is InChI=1S/C23H30N2O4/c1-23(2,3)18-11-6-8-13-20(18)29-16-21(26)25-19-12-7-5-10-17(19)22(27)24-14-9-15-28-4/h5-8,10-13H,9,14-16H2,1-4H3,(H,24,27)(H,25,26). The maximum absolute atomic E-state index is 12.4. The van der Waals surface area contributed by atoms with Gasteiger partial charge in [-0.25, -0.2) is 0 Å². The molecule has 0 aromatic heterocycles. The van der Waals surface area contributed by atoms with Gasteiger partial charge in [0, 0.05) is 20.3 Å². The monoisotopic (exact) mass is 398 g/mol. The van der Waals surface area contributed by atoms with Crippen LogP contribution in [0.1, 0.15) is 43.1 Å². The Morgan fingerprint density at radius 1 is 1.00 bits per heavy atom. The number of carbonyl (C=O) groups is 2. The quantitative estimate of drug-likeness (QED) is 0.631. The predicted octanol–water partition coefficient (Wildman–Crippen LogP) is 3.77. The van der Waals surface area contributed by atoms with Crippen molar-refractivity contribution in [2.45, 2.75) is 32.6 Å². The van der Waals surface area contributed by atoms with Gasteiger partial charge in [0.25, 0.3) is 11.8 Å². The molecule has 0 saturated carbocycles. The van der Waals surface area contributed by atoms with Crippen molar-refractivity contribution in [3.05, 3.63) is 59.7 Å². The number of carbonyl (C=O) groups excluding carboxylic acids is 2. The number of amides is 2. The van der Waals surface area contributed by atoms with Crippen molar-refractivity contribution >= 4 is 17.5 Å². The third kappa shape index (κ3) is 6.91. The van der Waals surface area contributed by atoms with Crippen LogP contribution >= 0.6 is 0 Å². The van der Waals surface area contributed by atoms with Gasteiger partial charge in [0.15, 0.2) is 6.61 Å². The van der Waals surface area contributed by atoms with E-state index in [2.05, 4.69) is 31.4 Å². The molecule has 0 aliphatic rings. The number of hydrogen-bond acceptors (Lipinski definition) is 4. The zero-order valence-corrected chi connectivity index (χ0v) is 17.6. The highest BCUT2D eigenvalue weighted by Gasteiger charge is 2.19. The van der Waals surface area contributed by atoms with E-state index in [9.17, 15) is 9.59 Å². The van der Waals surface area contributed by atoms with E-state index < -0.39 is 0 Å². The number of ether oxygens (including phenoxy) is 2. The van der Waals surface area contributed by atoms with Crippen molar-refractivity contribution in [2.75, 3.05) is 32.2 Å². The number of anilines is 1. The van der Waals surface area contributed by atoms with Crippen LogP contribution in [0.5, 0.6) is 5.75 Å². The summed E-state index contributed by atoms with van der Waals surface area (Å²) in [5.74, 6) is 0.115. The minimum absolute atomic E-state index is 0.0967. The third-order valence-electron chi connectivity index (χ3n) is 4.31. The SMILES string of the molecule is COCCCNC(=O)c1ccccc1NC(=O)COc1ccccc1C(C)(C)C. The molecule has 0 spiro atoms. The second kappa shape index (κ2) is 10.6. The van der Waals surface area contributed by atoms with Gasteiger partial charge in [-0.15, -0.1) is 0 Å². The summed E-state index contributed by atoms with van der Waals surface area (Å²) in [5.41, 5.74) is 1.80. The molecule has 0 saturated heterocycles. The van der Waals surface area contributed by atoms with Crippen molar-refractivity contribution in [3.63, 3.8) is 0 Å². The highest BCUT2D eigenvalue weighted by molar-refractivity contribution is 6.04. The molecule has 2 amide bonds. The normalized spacial score (nSPS) is 11.0. The highest BCUT2D eigenvalue weighted by Crippen LogP contribution is 2.30. The fourth-order valence-electron chi connectivity index (χ4n) is 2.85. The molecule has 0 unspecified atom stereocenters. The van der Waals surface area contributed by atoms with Gasteiger partial charge in [0.05, 0.1) is 11.3 Å². The van der Waals surface area contributed by atoms with Crippen molar-refractivity contribution in [3.8, 4) is 5.75 Å². The Morgan fingerprint density at radius 2 is 1.69 bits per heavy atom. The lowest BCUT2D eigenvalue weighted by Gasteiger charge is -2.22. The maximum atomic E-state index is 12.4. The van der Waals surface area contributed by atoms with Gasteiger partial charge in [-0.2, -0.15) is 0 Å². The summed E-state index contributed by atoms with van der Waals surface area (Å²) in [6, 6.07) is 14.6. The lowest BCUT2D eigenvalue weighted by molar-refractivity contribution is -0.118. The average Bonchev–Trinajstić information content (AvgIpc) is 2.69. The molecule has 29 heavy (non-hydrogen) atoms. The number of benzene rings is 2. The molecule has 0 heterocycles. The van der Waals surface area contributed by atoms with E-state index in [0.717, 1.165) is 12.0 Å². The van der Waals surface area contributed by atoms with Gasteiger partial charge < -0.3 is 20.1 Å². The minimum Gasteiger partial charge on any atom is -0.483 e. The molecule has 6 nitrogen and oxygen atoms in total. The van der Waals surface area contributed by atoms with E-state index in [1.165, 1.54) is 0 Å². The second-order valence-electron chi connectivity index (χ2n) is 7.73. The van der Waals surface area contributed by atoms with E-state index in [1.807, 2.05) is 24.3 Å². The van der Waals surface area contributed by atoms with Gasteiger partial charge >= 0.3 is 0 Å². The zero-order valence-electron chi connectivity index (χ0n) is 17.6. The second-order valence-corrected chi connectivity index (χ2v) is 7.73. The predicted molar refractivity (Wildman–Crippen MR) is 115 cm³/mol. The molecule has 0 bridgehead atoms. The summed E-state index contributed by atoms with van der Waals surface area (Å²) in [5, 5.41) is 5.60. The topological polar surface area (TPSA) is 76.7 Å². The smallest absolute Gasteiger partial charge is 0.262 e. The number of nitrogens with one attached hydrogen (secondary N) is 2. The molecular weight excluding hydrogens is 368 g/mol. The number of methoxy groups -OCH3 is 1.